The van der Waals surface area contributed by atoms with Crippen molar-refractivity contribution in [1.29, 1.82) is 0 Å². The highest BCUT2D eigenvalue weighted by Gasteiger charge is 2.38. The topological polar surface area (TPSA) is 50.2 Å². The number of nitrogens with zero attached hydrogens (tertiary/aromatic N) is 3. The number of carbonyl (C=O) groups excluding carboxylic acids is 1. The van der Waals surface area contributed by atoms with Crippen LogP contribution < -0.4 is 5.32 Å². The zero-order chi connectivity index (χ0) is 15.7. The second kappa shape index (κ2) is 7.22. The maximum absolute atomic E-state index is 13.0. The Morgan fingerprint density at radius 1 is 1.30 bits per heavy atom. The Hall–Kier alpha value is -1.07. The summed E-state index contributed by atoms with van der Waals surface area (Å²) in [6.07, 6.45) is 7.39. The molecule has 2 atom stereocenters. The molecule has 1 aromatic rings. The van der Waals surface area contributed by atoms with E-state index in [-0.39, 0.29) is 24.2 Å². The summed E-state index contributed by atoms with van der Waals surface area (Å²) in [5.74, 6) is 0.652. The summed E-state index contributed by atoms with van der Waals surface area (Å²) in [5, 5.41) is 7.66. The van der Waals surface area contributed by atoms with Crippen molar-refractivity contribution in [2.75, 3.05) is 26.2 Å². The highest BCUT2D eigenvalue weighted by atomic mass is 35.5. The molecule has 0 unspecified atom stereocenters. The fourth-order valence-electron chi connectivity index (χ4n) is 3.80. The molecule has 1 N–H and O–H groups in total. The van der Waals surface area contributed by atoms with Crippen LogP contribution in [-0.4, -0.2) is 46.8 Å². The summed E-state index contributed by atoms with van der Waals surface area (Å²) in [7, 11) is 1.93. The molecule has 3 heterocycles. The van der Waals surface area contributed by atoms with Gasteiger partial charge in [-0.05, 0) is 30.2 Å². The second-order valence-electron chi connectivity index (χ2n) is 7.66. The minimum absolute atomic E-state index is 0. The molecular weight excluding hydrogens is 312 g/mol. The Bertz CT molecular complexity index is 542. The lowest BCUT2D eigenvalue weighted by Gasteiger charge is -2.27. The molecule has 0 radical (unpaired) electrons. The van der Waals surface area contributed by atoms with Gasteiger partial charge < -0.3 is 10.2 Å². The van der Waals surface area contributed by atoms with E-state index in [4.69, 9.17) is 0 Å². The monoisotopic (exact) mass is 340 g/mol. The van der Waals surface area contributed by atoms with E-state index in [1.165, 1.54) is 12.0 Å². The number of likely N-dealkylation sites (tertiary alicyclic amines) is 1. The molecular formula is C17H29ClN4O. The third-order valence-electron chi connectivity index (χ3n) is 5.34. The predicted octanol–water partition coefficient (Wildman–Crippen LogP) is 2.18. The van der Waals surface area contributed by atoms with E-state index in [1.807, 2.05) is 24.1 Å². The lowest BCUT2D eigenvalue weighted by atomic mass is 9.85. The van der Waals surface area contributed by atoms with E-state index in [2.05, 4.69) is 29.2 Å². The van der Waals surface area contributed by atoms with Crippen LogP contribution in [0.5, 0.6) is 0 Å². The van der Waals surface area contributed by atoms with Crippen LogP contribution >= 0.6 is 12.4 Å². The van der Waals surface area contributed by atoms with Gasteiger partial charge in [-0.1, -0.05) is 13.8 Å². The van der Waals surface area contributed by atoms with Gasteiger partial charge in [0.05, 0.1) is 12.1 Å². The van der Waals surface area contributed by atoms with Crippen molar-refractivity contribution in [3.8, 4) is 0 Å². The number of aromatic nitrogens is 2. The molecule has 0 bridgehead atoms. The van der Waals surface area contributed by atoms with Gasteiger partial charge in [0.1, 0.15) is 0 Å². The molecule has 5 nitrogen and oxygen atoms in total. The second-order valence-corrected chi connectivity index (χ2v) is 7.66. The fourth-order valence-corrected chi connectivity index (χ4v) is 3.80. The molecule has 0 aromatic carbocycles. The number of hydrogen-bond acceptors (Lipinski definition) is 3. The Morgan fingerprint density at radius 3 is 2.78 bits per heavy atom. The van der Waals surface area contributed by atoms with E-state index >= 15 is 0 Å². The number of nitrogens with one attached hydrogen (secondary N) is 1. The Balaban J connectivity index is 0.00000192. The summed E-state index contributed by atoms with van der Waals surface area (Å²) in [6, 6.07) is 0. The largest absolute Gasteiger partial charge is 0.342 e. The van der Waals surface area contributed by atoms with E-state index in [0.29, 0.717) is 11.3 Å². The van der Waals surface area contributed by atoms with E-state index in [9.17, 15) is 4.79 Å². The maximum Gasteiger partial charge on any atom is 0.227 e. The Labute approximate surface area is 145 Å². The van der Waals surface area contributed by atoms with Crippen molar-refractivity contribution in [3.05, 3.63) is 18.0 Å². The number of rotatable bonds is 2. The van der Waals surface area contributed by atoms with E-state index in [1.54, 1.807) is 0 Å². The van der Waals surface area contributed by atoms with Crippen LogP contribution in [0.25, 0.3) is 0 Å². The van der Waals surface area contributed by atoms with Gasteiger partial charge in [0.25, 0.3) is 0 Å². The van der Waals surface area contributed by atoms with Crippen molar-refractivity contribution in [1.82, 2.24) is 20.0 Å². The third kappa shape index (κ3) is 4.07. The van der Waals surface area contributed by atoms with Gasteiger partial charge in [0, 0.05) is 45.3 Å². The lowest BCUT2D eigenvalue weighted by Crippen LogP contribution is -2.39. The van der Waals surface area contributed by atoms with Gasteiger partial charge >= 0.3 is 0 Å². The van der Waals surface area contributed by atoms with Crippen LogP contribution in [-0.2, 0) is 11.8 Å². The molecule has 6 heteroatoms. The smallest absolute Gasteiger partial charge is 0.227 e. The van der Waals surface area contributed by atoms with Crippen molar-refractivity contribution < 1.29 is 4.79 Å². The van der Waals surface area contributed by atoms with Gasteiger partial charge in [-0.2, -0.15) is 5.10 Å². The summed E-state index contributed by atoms with van der Waals surface area (Å²) in [6.45, 7) is 8.12. The van der Waals surface area contributed by atoms with Crippen LogP contribution in [0.1, 0.15) is 44.6 Å². The molecule has 2 aliphatic rings. The summed E-state index contributed by atoms with van der Waals surface area (Å²) < 4.78 is 1.82. The Morgan fingerprint density at radius 2 is 2.09 bits per heavy atom. The van der Waals surface area contributed by atoms with Crippen molar-refractivity contribution in [2.45, 2.75) is 39.0 Å². The number of hydrogen-bond donors (Lipinski definition) is 1. The standard InChI is InChI=1S/C17H28N4O.ClH/c1-17(2)5-4-7-21(8-6-17)16(22)15-11-18-10-14(15)13-9-19-20(3)12-13;/h9,12,14-15,18H,4-8,10-11H2,1-3H3;1H/t14-,15+;/m1./s1. The van der Waals surface area contributed by atoms with Gasteiger partial charge in [0.15, 0.2) is 0 Å². The van der Waals surface area contributed by atoms with Gasteiger partial charge in [0.2, 0.25) is 5.91 Å². The van der Waals surface area contributed by atoms with Crippen molar-refractivity contribution in [2.24, 2.45) is 18.4 Å². The van der Waals surface area contributed by atoms with Gasteiger partial charge in [-0.15, -0.1) is 12.4 Å². The van der Waals surface area contributed by atoms with Gasteiger partial charge in [-0.25, -0.2) is 0 Å². The quantitative estimate of drug-likeness (QED) is 0.897. The number of aryl methyl sites for hydroxylation is 1. The third-order valence-corrected chi connectivity index (χ3v) is 5.34. The molecule has 0 aliphatic carbocycles. The number of halogens is 1. The molecule has 130 valence electrons. The summed E-state index contributed by atoms with van der Waals surface area (Å²) in [4.78, 5) is 15.1. The normalized spacial score (nSPS) is 27.3. The first-order valence-corrected chi connectivity index (χ1v) is 8.44. The van der Waals surface area contributed by atoms with Crippen LogP contribution in [0.4, 0.5) is 0 Å². The Kier molecular flexibility index (Phi) is 5.74. The van der Waals surface area contributed by atoms with Crippen molar-refractivity contribution in [3.63, 3.8) is 0 Å². The predicted molar refractivity (Wildman–Crippen MR) is 93.8 cm³/mol. The maximum atomic E-state index is 13.0. The SMILES string of the molecule is Cl.Cn1cc([C@H]2CNC[C@@H]2C(=O)N2CCCC(C)(C)CC2)cn1. The van der Waals surface area contributed by atoms with Crippen LogP contribution in [0.2, 0.25) is 0 Å². The summed E-state index contributed by atoms with van der Waals surface area (Å²) >= 11 is 0. The first kappa shape index (κ1) is 18.3. The van der Waals surface area contributed by atoms with Crippen molar-refractivity contribution >= 4 is 18.3 Å². The molecule has 1 aromatic heterocycles. The number of carbonyl (C=O) groups is 1. The molecule has 0 spiro atoms. The molecule has 2 fully saturated rings. The highest BCUT2D eigenvalue weighted by Crippen LogP contribution is 2.33. The molecule has 2 aliphatic heterocycles. The first-order chi connectivity index (χ1) is 10.5. The van der Waals surface area contributed by atoms with Gasteiger partial charge in [-0.3, -0.25) is 9.48 Å². The molecule has 1 amide bonds. The molecule has 0 saturated carbocycles. The average molecular weight is 341 g/mol. The summed E-state index contributed by atoms with van der Waals surface area (Å²) in [5.41, 5.74) is 1.55. The van der Waals surface area contributed by atoms with Crippen LogP contribution in [0, 0.1) is 11.3 Å². The molecule has 2 saturated heterocycles. The minimum atomic E-state index is 0. The molecule has 23 heavy (non-hydrogen) atoms. The average Bonchev–Trinajstić information content (AvgIpc) is 3.06. The van der Waals surface area contributed by atoms with E-state index < -0.39 is 0 Å². The lowest BCUT2D eigenvalue weighted by molar-refractivity contribution is -0.135. The first-order valence-electron chi connectivity index (χ1n) is 8.44. The minimum Gasteiger partial charge on any atom is -0.342 e. The highest BCUT2D eigenvalue weighted by molar-refractivity contribution is 5.85. The zero-order valence-electron chi connectivity index (χ0n) is 14.4. The van der Waals surface area contributed by atoms with Crippen LogP contribution in [0.3, 0.4) is 0 Å². The fraction of sp³-hybridized carbons (Fsp3) is 0.765. The zero-order valence-corrected chi connectivity index (χ0v) is 15.2. The molecule has 3 rings (SSSR count). The van der Waals surface area contributed by atoms with E-state index in [0.717, 1.165) is 39.0 Å². The van der Waals surface area contributed by atoms with Crippen LogP contribution in [0.15, 0.2) is 12.4 Å². The number of amides is 1.